The van der Waals surface area contributed by atoms with Crippen molar-refractivity contribution in [2.75, 3.05) is 0 Å². The minimum absolute atomic E-state index is 0.0748. The Balaban J connectivity index is 0.000000673. The van der Waals surface area contributed by atoms with Crippen LogP contribution in [0.25, 0.3) is 0 Å². The van der Waals surface area contributed by atoms with E-state index in [9.17, 15) is 9.59 Å². The van der Waals surface area contributed by atoms with Gasteiger partial charge in [0.15, 0.2) is 5.78 Å². The molecule has 0 aromatic carbocycles. The molecule has 0 aromatic rings. The molecule has 0 heterocycles. The first-order chi connectivity index (χ1) is 7.37. The van der Waals surface area contributed by atoms with E-state index in [1.165, 1.54) is 0 Å². The molecule has 86 valence electrons. The summed E-state index contributed by atoms with van der Waals surface area (Å²) in [6.07, 6.45) is 10.8. The molecule has 1 aliphatic rings. The summed E-state index contributed by atoms with van der Waals surface area (Å²) in [5, 5.41) is -0.338. The van der Waals surface area contributed by atoms with Crippen molar-refractivity contribution in [1.29, 1.82) is 0 Å². The molecule has 1 aliphatic carbocycles. The van der Waals surface area contributed by atoms with E-state index in [0.717, 1.165) is 26.1 Å². The average molecular weight is 250 g/mol. The third-order valence-electron chi connectivity index (χ3n) is 2.58. The van der Waals surface area contributed by atoms with Crippen LogP contribution in [-0.4, -0.2) is 32.1 Å². The zero-order chi connectivity index (χ0) is 12.8. The monoisotopic (exact) mass is 250 g/mol. The second kappa shape index (κ2) is 6.41. The number of carbonyl (C=O) groups is 2. The molecule has 0 aliphatic heterocycles. The van der Waals surface area contributed by atoms with Gasteiger partial charge in [0.2, 0.25) is 0 Å². The van der Waals surface area contributed by atoms with Crippen LogP contribution in [0.15, 0.2) is 23.8 Å². The van der Waals surface area contributed by atoms with Gasteiger partial charge in [-0.05, 0) is 25.8 Å². The van der Waals surface area contributed by atoms with E-state index in [0.29, 0.717) is 6.42 Å². The van der Waals surface area contributed by atoms with Gasteiger partial charge in [0.05, 0.1) is 10.2 Å². The van der Waals surface area contributed by atoms with Gasteiger partial charge in [-0.1, -0.05) is 18.2 Å². The van der Waals surface area contributed by atoms with Crippen LogP contribution in [0, 0.1) is 12.0 Å². The van der Waals surface area contributed by atoms with Crippen LogP contribution in [0.5, 0.6) is 0 Å². The molecule has 0 radical (unpaired) electrons. The second-order valence-corrected chi connectivity index (χ2v) is 6.41. The van der Waals surface area contributed by atoms with Crippen molar-refractivity contribution in [1.82, 2.24) is 0 Å². The highest BCUT2D eigenvalue weighted by Gasteiger charge is 2.30. The lowest BCUT2D eigenvalue weighted by Crippen LogP contribution is -2.23. The predicted molar refractivity (Wildman–Crippen MR) is 74.6 cm³/mol. The first-order valence-electron chi connectivity index (χ1n) is 5.15. The molecule has 1 rings (SSSR count). The Hall–Kier alpha value is -1.19. The molecule has 16 heavy (non-hydrogen) atoms. The molecule has 0 saturated carbocycles. The maximum absolute atomic E-state index is 11.3. The van der Waals surface area contributed by atoms with Crippen molar-refractivity contribution in [2.45, 2.75) is 25.3 Å². The second-order valence-electron chi connectivity index (χ2n) is 4.05. The first kappa shape index (κ1) is 14.8. The van der Waals surface area contributed by atoms with E-state index in [4.69, 9.17) is 0 Å². The molecule has 1 unspecified atom stereocenters. The van der Waals surface area contributed by atoms with Crippen LogP contribution in [0.3, 0.4) is 0 Å². The number of ketones is 2. The van der Waals surface area contributed by atoms with Crippen LogP contribution in [0.4, 0.5) is 0 Å². The maximum Gasteiger partial charge on any atom is 0.155 e. The van der Waals surface area contributed by atoms with E-state index in [1.54, 1.807) is 19.9 Å². The first-order valence-corrected chi connectivity index (χ1v) is 7.15. The van der Waals surface area contributed by atoms with Crippen molar-refractivity contribution in [3.05, 3.63) is 23.8 Å². The third-order valence-corrected chi connectivity index (χ3v) is 3.97. The largest absolute Gasteiger partial charge is 0.299 e. The molecule has 0 bridgehead atoms. The highest BCUT2D eigenvalue weighted by atomic mass is 28.1. The minimum atomic E-state index is -0.338. The van der Waals surface area contributed by atoms with E-state index in [-0.39, 0.29) is 16.6 Å². The molecule has 1 atom stereocenters. The smallest absolute Gasteiger partial charge is 0.155 e. The Bertz CT molecular complexity index is 388. The highest BCUT2D eigenvalue weighted by molar-refractivity contribution is 6.30. The quantitative estimate of drug-likeness (QED) is 0.490. The van der Waals surface area contributed by atoms with Crippen molar-refractivity contribution in [3.63, 3.8) is 0 Å². The fourth-order valence-electron chi connectivity index (χ4n) is 1.37. The van der Waals surface area contributed by atoms with Crippen LogP contribution in [0.2, 0.25) is 5.04 Å². The maximum atomic E-state index is 11.3. The lowest BCUT2D eigenvalue weighted by atomic mass is 9.88. The van der Waals surface area contributed by atoms with E-state index in [2.05, 4.69) is 12.0 Å². The fraction of sp³-hybridized carbons (Fsp3) is 0.333. The van der Waals surface area contributed by atoms with Gasteiger partial charge in [0.25, 0.3) is 0 Å². The van der Waals surface area contributed by atoms with E-state index >= 15 is 0 Å². The molecule has 4 heteroatoms. The molecular weight excluding hydrogens is 232 g/mol. The van der Waals surface area contributed by atoms with Gasteiger partial charge in [0.1, 0.15) is 5.78 Å². The summed E-state index contributed by atoms with van der Waals surface area (Å²) >= 11 is 0. The Labute approximate surface area is 103 Å². The van der Waals surface area contributed by atoms with Crippen LogP contribution >= 0.6 is 0 Å². The summed E-state index contributed by atoms with van der Waals surface area (Å²) in [5.41, 5.74) is 3.16. The average Bonchev–Trinajstić information content (AvgIpc) is 2.18. The Kier molecular flexibility index (Phi) is 5.93. The van der Waals surface area contributed by atoms with Crippen LogP contribution in [-0.2, 0) is 9.59 Å². The zero-order valence-corrected chi connectivity index (χ0v) is 14.3. The fourth-order valence-corrected chi connectivity index (χ4v) is 1.95. The summed E-state index contributed by atoms with van der Waals surface area (Å²) in [6.45, 7) is 3.15. The van der Waals surface area contributed by atoms with Crippen molar-refractivity contribution in [2.24, 2.45) is 0 Å². The number of rotatable bonds is 2. The molecule has 0 amide bonds. The summed E-state index contributed by atoms with van der Waals surface area (Å²) in [6, 6.07) is 0. The van der Waals surface area contributed by atoms with Crippen molar-refractivity contribution < 1.29 is 9.59 Å². The Morgan fingerprint density at radius 2 is 2.00 bits per heavy atom. The molecule has 0 aromatic heterocycles. The summed E-state index contributed by atoms with van der Waals surface area (Å²) in [7, 11) is 1.67. The van der Waals surface area contributed by atoms with Gasteiger partial charge >= 0.3 is 0 Å². The van der Waals surface area contributed by atoms with Gasteiger partial charge in [-0.15, -0.1) is 12.0 Å². The SMILES string of the molecule is C#C[SiH3].CC(=O)C1=CC=CC([SiH3])(C(C)=O)C1. The van der Waals surface area contributed by atoms with E-state index < -0.39 is 0 Å². The minimum Gasteiger partial charge on any atom is -0.299 e. The lowest BCUT2D eigenvalue weighted by Gasteiger charge is -2.25. The highest BCUT2D eigenvalue weighted by Crippen LogP contribution is 2.36. The molecular formula is C12H18O2Si2. The van der Waals surface area contributed by atoms with E-state index in [1.807, 2.05) is 12.2 Å². The Morgan fingerprint density at radius 1 is 1.50 bits per heavy atom. The predicted octanol–water partition coefficient (Wildman–Crippen LogP) is -0.483. The molecule has 0 N–H and O–H groups in total. The standard InChI is InChI=1S/C10H14O2Si.C2H4Si/c1-7(11)9-4-3-5-10(13,6-9)8(2)12;1-2-3/h3-5H,6H2,1-2,13H3;1H,3H3. The number of hydrogen-bond acceptors (Lipinski definition) is 2. The third kappa shape index (κ3) is 4.13. The van der Waals surface area contributed by atoms with Gasteiger partial charge in [-0.2, -0.15) is 0 Å². The van der Waals surface area contributed by atoms with Crippen LogP contribution in [0.1, 0.15) is 20.3 Å². The summed E-state index contributed by atoms with van der Waals surface area (Å²) in [5.74, 6) is 0.244. The molecule has 0 spiro atoms. The number of hydrogen-bond donors (Lipinski definition) is 0. The Morgan fingerprint density at radius 3 is 2.38 bits per heavy atom. The molecule has 0 fully saturated rings. The van der Waals surface area contributed by atoms with Gasteiger partial charge in [-0.3, -0.25) is 9.59 Å². The zero-order valence-electron chi connectivity index (χ0n) is 10.3. The number of allylic oxidation sites excluding steroid dienone is 4. The van der Waals surface area contributed by atoms with Crippen LogP contribution < -0.4 is 0 Å². The summed E-state index contributed by atoms with van der Waals surface area (Å²) < 4.78 is 0. The number of terminal acetylenes is 1. The molecule has 0 saturated heterocycles. The van der Waals surface area contributed by atoms with Gasteiger partial charge in [-0.25, -0.2) is 0 Å². The number of Topliss-reactive ketones (excluding diaryl/α,β-unsaturated/α-hetero) is 2. The topological polar surface area (TPSA) is 34.1 Å². The van der Waals surface area contributed by atoms with Gasteiger partial charge < -0.3 is 0 Å². The number of carbonyl (C=O) groups excluding carboxylic acids is 2. The van der Waals surface area contributed by atoms with Crippen molar-refractivity contribution in [3.8, 4) is 12.0 Å². The normalized spacial score (nSPS) is 22.7. The van der Waals surface area contributed by atoms with Crippen molar-refractivity contribution >= 4 is 32.1 Å². The lowest BCUT2D eigenvalue weighted by molar-refractivity contribution is -0.118. The molecule has 2 nitrogen and oxygen atoms in total. The summed E-state index contributed by atoms with van der Waals surface area (Å²) in [4.78, 5) is 22.4. The van der Waals surface area contributed by atoms with Gasteiger partial charge in [0, 0.05) is 15.3 Å².